The Labute approximate surface area is 175 Å². The maximum atomic E-state index is 12.4. The molecule has 1 aromatic heterocycles. The molecule has 1 amide bonds. The van der Waals surface area contributed by atoms with Crippen LogP contribution in [-0.2, 0) is 4.74 Å². The first-order valence-electron chi connectivity index (χ1n) is 9.36. The van der Waals surface area contributed by atoms with E-state index in [1.54, 1.807) is 18.2 Å². The van der Waals surface area contributed by atoms with Gasteiger partial charge in [-0.05, 0) is 40.5 Å². The van der Waals surface area contributed by atoms with Gasteiger partial charge in [-0.2, -0.15) is 0 Å². The molecule has 2 N–H and O–H groups in total. The fraction of sp³-hybridized carbons (Fsp3) is 0.0870. The van der Waals surface area contributed by atoms with Gasteiger partial charge < -0.3 is 9.84 Å². The van der Waals surface area contributed by atoms with Crippen molar-refractivity contribution in [2.24, 2.45) is 0 Å². The zero-order valence-corrected chi connectivity index (χ0v) is 16.5. The molecule has 0 saturated heterocycles. The highest BCUT2D eigenvalue weighted by molar-refractivity contribution is 7.20. The fourth-order valence-corrected chi connectivity index (χ4v) is 4.63. The van der Waals surface area contributed by atoms with Crippen LogP contribution >= 0.6 is 11.3 Å². The lowest BCUT2D eigenvalue weighted by Gasteiger charge is -2.14. The number of carboxylic acids is 1. The molecule has 0 fully saturated rings. The van der Waals surface area contributed by atoms with Crippen molar-refractivity contribution in [1.82, 2.24) is 4.98 Å². The Bertz CT molecular complexity index is 1250. The summed E-state index contributed by atoms with van der Waals surface area (Å²) in [4.78, 5) is 27.5. The van der Waals surface area contributed by atoms with Crippen LogP contribution in [0.1, 0.15) is 26.8 Å². The molecule has 7 heteroatoms. The van der Waals surface area contributed by atoms with Gasteiger partial charge in [-0.3, -0.25) is 5.32 Å². The number of nitrogens with zero attached hydrogens (tertiary/aromatic N) is 1. The molecular weight excluding hydrogens is 400 g/mol. The minimum Gasteiger partial charge on any atom is -0.476 e. The number of rotatable bonds is 4. The molecule has 6 nitrogen and oxygen atoms in total. The van der Waals surface area contributed by atoms with E-state index < -0.39 is 12.1 Å². The van der Waals surface area contributed by atoms with Crippen molar-refractivity contribution in [2.75, 3.05) is 11.9 Å². The summed E-state index contributed by atoms with van der Waals surface area (Å²) in [6, 6.07) is 21.4. The number of aromatic carboxylic acids is 1. The Kier molecular flexibility index (Phi) is 4.44. The van der Waals surface area contributed by atoms with Crippen molar-refractivity contribution in [1.29, 1.82) is 0 Å². The predicted molar refractivity (Wildman–Crippen MR) is 115 cm³/mol. The standard InChI is InChI=1S/C23H16N2O4S/c26-22(27)21-25-19-11-13(9-10-20(19)30-21)24-23(28)29-12-18-16-7-3-1-5-14(16)15-6-2-4-8-17(15)18/h1-11,18H,12H2,(H,24,28)(H,26,27). The number of thiazole rings is 1. The average molecular weight is 416 g/mol. The molecule has 0 unspecified atom stereocenters. The Morgan fingerprint density at radius 1 is 1.00 bits per heavy atom. The third-order valence-electron chi connectivity index (χ3n) is 5.16. The van der Waals surface area contributed by atoms with Crippen molar-refractivity contribution < 1.29 is 19.4 Å². The largest absolute Gasteiger partial charge is 0.476 e. The van der Waals surface area contributed by atoms with Crippen LogP contribution in [0.25, 0.3) is 21.3 Å². The minimum absolute atomic E-state index is 0.0118. The number of carboxylic acid groups (broad SMARTS) is 1. The van der Waals surface area contributed by atoms with Gasteiger partial charge in [-0.1, -0.05) is 48.5 Å². The number of nitrogens with one attached hydrogen (secondary N) is 1. The molecule has 0 bridgehead atoms. The average Bonchev–Trinajstić information content (AvgIpc) is 3.31. The summed E-state index contributed by atoms with van der Waals surface area (Å²) in [7, 11) is 0. The molecule has 0 spiro atoms. The van der Waals surface area contributed by atoms with Gasteiger partial charge in [0.2, 0.25) is 5.01 Å². The number of aromatic nitrogens is 1. The molecule has 0 radical (unpaired) electrons. The number of anilines is 1. The van der Waals surface area contributed by atoms with Crippen LogP contribution in [-0.4, -0.2) is 28.8 Å². The molecule has 0 atom stereocenters. The number of amides is 1. The van der Waals surface area contributed by atoms with Gasteiger partial charge in [0.25, 0.3) is 0 Å². The van der Waals surface area contributed by atoms with Gasteiger partial charge in [0.05, 0.1) is 10.2 Å². The molecular formula is C23H16N2O4S. The molecule has 1 heterocycles. The van der Waals surface area contributed by atoms with Crippen LogP contribution in [0.2, 0.25) is 0 Å². The number of hydrogen-bond donors (Lipinski definition) is 2. The van der Waals surface area contributed by atoms with Crippen LogP contribution in [0.4, 0.5) is 10.5 Å². The van der Waals surface area contributed by atoms with E-state index in [0.29, 0.717) is 11.2 Å². The molecule has 3 aromatic carbocycles. The van der Waals surface area contributed by atoms with Gasteiger partial charge in [-0.15, -0.1) is 11.3 Å². The normalized spacial score (nSPS) is 12.4. The summed E-state index contributed by atoms with van der Waals surface area (Å²) in [5, 5.41) is 11.8. The number of benzene rings is 3. The van der Waals surface area contributed by atoms with E-state index in [-0.39, 0.29) is 17.5 Å². The maximum absolute atomic E-state index is 12.4. The van der Waals surface area contributed by atoms with Crippen molar-refractivity contribution in [3.05, 3.63) is 82.9 Å². The molecule has 0 aliphatic heterocycles. The Balaban J connectivity index is 1.31. The summed E-state index contributed by atoms with van der Waals surface area (Å²) in [6.45, 7) is 0.224. The maximum Gasteiger partial charge on any atom is 0.411 e. The lowest BCUT2D eigenvalue weighted by atomic mass is 9.98. The first kappa shape index (κ1) is 18.3. The second-order valence-corrected chi connectivity index (χ2v) is 7.99. The molecule has 1 aliphatic carbocycles. The third kappa shape index (κ3) is 3.19. The second kappa shape index (κ2) is 7.27. The smallest absolute Gasteiger partial charge is 0.411 e. The molecule has 4 aromatic rings. The number of fused-ring (bicyclic) bond motifs is 4. The Morgan fingerprint density at radius 3 is 2.33 bits per heavy atom. The lowest BCUT2D eigenvalue weighted by molar-refractivity contribution is 0.0696. The quantitative estimate of drug-likeness (QED) is 0.468. The lowest BCUT2D eigenvalue weighted by Crippen LogP contribution is -2.17. The van der Waals surface area contributed by atoms with Crippen LogP contribution < -0.4 is 5.32 Å². The van der Waals surface area contributed by atoms with E-state index in [0.717, 1.165) is 27.2 Å². The molecule has 0 saturated carbocycles. The van der Waals surface area contributed by atoms with Gasteiger partial charge in [-0.25, -0.2) is 14.6 Å². The zero-order valence-electron chi connectivity index (χ0n) is 15.7. The van der Waals surface area contributed by atoms with E-state index in [1.807, 2.05) is 24.3 Å². The summed E-state index contributed by atoms with van der Waals surface area (Å²) in [5.74, 6) is -1.08. The summed E-state index contributed by atoms with van der Waals surface area (Å²) in [5.41, 5.74) is 5.67. The van der Waals surface area contributed by atoms with Crippen molar-refractivity contribution >= 4 is 39.3 Å². The SMILES string of the molecule is O=C(Nc1ccc2sc(C(=O)O)nc2c1)OCC1c2ccccc2-c2ccccc21. The number of carbonyl (C=O) groups is 2. The van der Waals surface area contributed by atoms with E-state index >= 15 is 0 Å². The van der Waals surface area contributed by atoms with E-state index in [2.05, 4.69) is 34.6 Å². The monoisotopic (exact) mass is 416 g/mol. The Morgan fingerprint density at radius 2 is 1.67 bits per heavy atom. The topological polar surface area (TPSA) is 88.5 Å². The molecule has 1 aliphatic rings. The highest BCUT2D eigenvalue weighted by Crippen LogP contribution is 2.44. The van der Waals surface area contributed by atoms with Crippen molar-refractivity contribution in [2.45, 2.75) is 5.92 Å². The van der Waals surface area contributed by atoms with E-state index in [1.165, 1.54) is 11.1 Å². The molecule has 30 heavy (non-hydrogen) atoms. The first-order valence-corrected chi connectivity index (χ1v) is 10.2. The van der Waals surface area contributed by atoms with Crippen molar-refractivity contribution in [3.8, 4) is 11.1 Å². The predicted octanol–water partition coefficient (Wildman–Crippen LogP) is 5.36. The van der Waals surface area contributed by atoms with Gasteiger partial charge in [0.15, 0.2) is 0 Å². The van der Waals surface area contributed by atoms with Gasteiger partial charge in [0.1, 0.15) is 6.61 Å². The van der Waals surface area contributed by atoms with Crippen LogP contribution in [0.3, 0.4) is 0 Å². The minimum atomic E-state index is -1.07. The summed E-state index contributed by atoms with van der Waals surface area (Å²) >= 11 is 1.09. The van der Waals surface area contributed by atoms with Crippen LogP contribution in [0, 0.1) is 0 Å². The van der Waals surface area contributed by atoms with Gasteiger partial charge in [0, 0.05) is 11.6 Å². The number of ether oxygens (including phenoxy) is 1. The number of carbonyl (C=O) groups excluding carboxylic acids is 1. The second-order valence-electron chi connectivity index (χ2n) is 6.96. The first-order chi connectivity index (χ1) is 14.6. The van der Waals surface area contributed by atoms with Gasteiger partial charge >= 0.3 is 12.1 Å². The summed E-state index contributed by atoms with van der Waals surface area (Å²) in [6.07, 6.45) is -0.565. The molecule has 148 valence electrons. The number of hydrogen-bond acceptors (Lipinski definition) is 5. The van der Waals surface area contributed by atoms with E-state index in [9.17, 15) is 9.59 Å². The third-order valence-corrected chi connectivity index (χ3v) is 6.18. The highest BCUT2D eigenvalue weighted by Gasteiger charge is 2.29. The van der Waals surface area contributed by atoms with Crippen LogP contribution in [0.5, 0.6) is 0 Å². The van der Waals surface area contributed by atoms with Crippen LogP contribution in [0.15, 0.2) is 66.7 Å². The fourth-order valence-electron chi connectivity index (χ4n) is 3.85. The summed E-state index contributed by atoms with van der Waals surface area (Å²) < 4.78 is 6.28. The van der Waals surface area contributed by atoms with Crippen molar-refractivity contribution in [3.63, 3.8) is 0 Å². The molecule has 5 rings (SSSR count). The Hall–Kier alpha value is -3.71. The van der Waals surface area contributed by atoms with E-state index in [4.69, 9.17) is 9.84 Å². The highest BCUT2D eigenvalue weighted by atomic mass is 32.1. The zero-order chi connectivity index (χ0) is 20.7.